The van der Waals surface area contributed by atoms with Crippen LogP contribution in [-0.4, -0.2) is 44.7 Å². The van der Waals surface area contributed by atoms with Gasteiger partial charge in [-0.05, 0) is 73.7 Å². The number of para-hydroxylation sites is 1. The van der Waals surface area contributed by atoms with E-state index in [2.05, 4.69) is 24.9 Å². The summed E-state index contributed by atoms with van der Waals surface area (Å²) in [6, 6.07) is 23.8. The van der Waals surface area contributed by atoms with E-state index in [0.717, 1.165) is 17.7 Å². The average molecular weight is 800 g/mol. The van der Waals surface area contributed by atoms with Crippen LogP contribution in [-0.2, 0) is 39.7 Å². The maximum absolute atomic E-state index is 13.2. The van der Waals surface area contributed by atoms with E-state index in [4.69, 9.17) is 9.44 Å². The van der Waals surface area contributed by atoms with Crippen molar-refractivity contribution in [1.29, 1.82) is 0 Å². The standard InChI is InChI=1S/C33H25N3O13S4/c1-19-7-9-22(10-8-19)53(45,46)47-31-18-23(51(39,40)41)17-27-25(31)12-14-29(33(27)52(42,43)44)35-36-32-26-15-21(50-49-48-38)16-30(37)24(26)11-13-28(32)34-20-5-3-2-4-6-20/h2-18,34,37-38H,1H3,(H,39,40,41)(H,42,43,44). The van der Waals surface area contributed by atoms with Crippen LogP contribution in [0.1, 0.15) is 5.56 Å². The lowest BCUT2D eigenvalue weighted by atomic mass is 10.1. The van der Waals surface area contributed by atoms with Gasteiger partial charge in [0.15, 0.2) is 5.75 Å². The Labute approximate surface area is 306 Å². The highest BCUT2D eigenvalue weighted by Crippen LogP contribution is 2.44. The Bertz CT molecular complexity index is 2750. The van der Waals surface area contributed by atoms with Crippen LogP contribution < -0.4 is 9.50 Å². The Morgan fingerprint density at radius 2 is 1.40 bits per heavy atom. The Balaban J connectivity index is 1.58. The van der Waals surface area contributed by atoms with Gasteiger partial charge in [0.05, 0.1) is 22.6 Å². The molecule has 53 heavy (non-hydrogen) atoms. The summed E-state index contributed by atoms with van der Waals surface area (Å²) in [6.45, 7) is 1.72. The van der Waals surface area contributed by atoms with E-state index in [1.807, 2.05) is 0 Å². The number of azo groups is 1. The van der Waals surface area contributed by atoms with Gasteiger partial charge in [-0.25, -0.2) is 5.26 Å². The fourth-order valence-electron chi connectivity index (χ4n) is 5.24. The third kappa shape index (κ3) is 8.25. The Hall–Kier alpha value is -5.16. The van der Waals surface area contributed by atoms with E-state index >= 15 is 0 Å². The molecule has 0 radical (unpaired) electrons. The molecule has 0 saturated heterocycles. The SMILES string of the molecule is Cc1ccc(S(=O)(=O)Oc2cc(S(=O)(=O)O)cc3c(S(=O)(=O)O)c(N=Nc4c(Nc5ccccc5)ccc5c(O)cc(SOOO)cc45)ccc23)cc1. The first-order valence-electron chi connectivity index (χ1n) is 14.8. The molecule has 0 bridgehead atoms. The zero-order valence-corrected chi connectivity index (χ0v) is 30.1. The molecule has 0 spiro atoms. The predicted octanol–water partition coefficient (Wildman–Crippen LogP) is 7.86. The van der Waals surface area contributed by atoms with Crippen LogP contribution in [0.3, 0.4) is 0 Å². The summed E-state index contributed by atoms with van der Waals surface area (Å²) in [6.07, 6.45) is 0. The number of nitrogens with one attached hydrogen (secondary N) is 1. The Kier molecular flexibility index (Phi) is 10.4. The van der Waals surface area contributed by atoms with Crippen molar-refractivity contribution >= 4 is 86.7 Å². The minimum Gasteiger partial charge on any atom is -0.507 e. The summed E-state index contributed by atoms with van der Waals surface area (Å²) >= 11 is 0.536. The lowest BCUT2D eigenvalue weighted by molar-refractivity contribution is -0.432. The van der Waals surface area contributed by atoms with Crippen LogP contribution >= 0.6 is 12.0 Å². The van der Waals surface area contributed by atoms with Gasteiger partial charge in [-0.2, -0.15) is 25.3 Å². The van der Waals surface area contributed by atoms with E-state index in [1.54, 1.807) is 49.4 Å². The van der Waals surface area contributed by atoms with E-state index in [9.17, 15) is 39.5 Å². The molecule has 0 amide bonds. The first-order valence-corrected chi connectivity index (χ1v) is 19.8. The van der Waals surface area contributed by atoms with Gasteiger partial charge in [0.2, 0.25) is 0 Å². The number of phenolic OH excluding ortho intramolecular Hbond substituents is 1. The average Bonchev–Trinajstić information content (AvgIpc) is 3.09. The van der Waals surface area contributed by atoms with Gasteiger partial charge in [-0.3, -0.25) is 9.11 Å². The summed E-state index contributed by atoms with van der Waals surface area (Å²) < 4.78 is 107. The third-order valence-corrected chi connectivity index (χ3v) is 11.2. The lowest BCUT2D eigenvalue weighted by Gasteiger charge is -2.15. The van der Waals surface area contributed by atoms with Crippen LogP contribution in [0.25, 0.3) is 21.5 Å². The van der Waals surface area contributed by atoms with Crippen LogP contribution in [0.15, 0.2) is 133 Å². The molecule has 0 aromatic heterocycles. The van der Waals surface area contributed by atoms with E-state index in [0.29, 0.717) is 35.6 Å². The molecule has 0 aliphatic heterocycles. The second-order valence-corrected chi connectivity index (χ2v) is 16.2. The van der Waals surface area contributed by atoms with Gasteiger partial charge in [0.25, 0.3) is 20.2 Å². The highest BCUT2D eigenvalue weighted by molar-refractivity contribution is 7.94. The quantitative estimate of drug-likeness (QED) is 0.0197. The van der Waals surface area contributed by atoms with Crippen LogP contribution in [0, 0.1) is 6.92 Å². The van der Waals surface area contributed by atoms with Crippen molar-refractivity contribution in [3.63, 3.8) is 0 Å². The summed E-state index contributed by atoms with van der Waals surface area (Å²) in [5.74, 6) is -0.938. The van der Waals surface area contributed by atoms with Crippen molar-refractivity contribution in [2.45, 2.75) is 26.5 Å². The number of hydrogen-bond acceptors (Lipinski definition) is 15. The van der Waals surface area contributed by atoms with Gasteiger partial charge in [0.1, 0.15) is 26.9 Å². The van der Waals surface area contributed by atoms with Crippen LogP contribution in [0.5, 0.6) is 11.5 Å². The maximum Gasteiger partial charge on any atom is 0.339 e. The van der Waals surface area contributed by atoms with Crippen molar-refractivity contribution in [2.75, 3.05) is 5.32 Å². The fraction of sp³-hybridized carbons (Fsp3) is 0.0303. The molecule has 0 aliphatic rings. The summed E-state index contributed by atoms with van der Waals surface area (Å²) in [5.41, 5.74) is 1.11. The van der Waals surface area contributed by atoms with Crippen molar-refractivity contribution in [3.05, 3.63) is 109 Å². The Morgan fingerprint density at radius 1 is 0.698 bits per heavy atom. The van der Waals surface area contributed by atoms with Gasteiger partial charge < -0.3 is 14.6 Å². The number of benzene rings is 6. The molecule has 6 aromatic rings. The van der Waals surface area contributed by atoms with Crippen LogP contribution in [0.2, 0.25) is 0 Å². The largest absolute Gasteiger partial charge is 0.507 e. The molecule has 16 nitrogen and oxygen atoms in total. The predicted molar refractivity (Wildman–Crippen MR) is 193 cm³/mol. The number of phenols is 1. The van der Waals surface area contributed by atoms with E-state index < -0.39 is 57.0 Å². The summed E-state index contributed by atoms with van der Waals surface area (Å²) in [5, 5.41) is 34.3. The zero-order valence-electron chi connectivity index (χ0n) is 26.8. The molecular weight excluding hydrogens is 775 g/mol. The van der Waals surface area contributed by atoms with Crippen molar-refractivity contribution in [1.82, 2.24) is 0 Å². The molecule has 0 atom stereocenters. The fourth-order valence-corrected chi connectivity index (χ4v) is 7.96. The second kappa shape index (κ2) is 14.7. The van der Waals surface area contributed by atoms with Crippen molar-refractivity contribution in [3.8, 4) is 11.5 Å². The molecule has 6 aromatic carbocycles. The summed E-state index contributed by atoms with van der Waals surface area (Å²) in [7, 11) is -15.1. The lowest BCUT2D eigenvalue weighted by Crippen LogP contribution is -2.11. The zero-order chi connectivity index (χ0) is 38.1. The number of anilines is 2. The van der Waals surface area contributed by atoms with Gasteiger partial charge in [-0.15, -0.1) is 14.6 Å². The van der Waals surface area contributed by atoms with Crippen molar-refractivity contribution < 1.29 is 58.3 Å². The number of nitrogens with zero attached hydrogens (tertiary/aromatic N) is 2. The molecular formula is C33H25N3O13S4. The summed E-state index contributed by atoms with van der Waals surface area (Å²) in [4.78, 5) is -2.05. The maximum atomic E-state index is 13.2. The molecule has 0 saturated carbocycles. The minimum atomic E-state index is -5.32. The number of rotatable bonds is 12. The number of aromatic hydroxyl groups is 1. The topological polar surface area (TPSA) is 248 Å². The van der Waals surface area contributed by atoms with Crippen LogP contribution in [0.4, 0.5) is 22.7 Å². The highest BCUT2D eigenvalue weighted by Gasteiger charge is 2.27. The molecule has 0 heterocycles. The van der Waals surface area contributed by atoms with E-state index in [1.165, 1.54) is 36.4 Å². The number of hydrogen-bond donors (Lipinski definition) is 5. The molecule has 0 aliphatic carbocycles. The molecule has 20 heteroatoms. The number of fused-ring (bicyclic) bond motifs is 2. The second-order valence-electron chi connectivity index (χ2n) is 11.1. The van der Waals surface area contributed by atoms with Gasteiger partial charge in [-0.1, -0.05) is 40.9 Å². The molecule has 6 rings (SSSR count). The number of aryl methyl sites for hydroxylation is 1. The molecule has 5 N–H and O–H groups in total. The van der Waals surface area contributed by atoms with Gasteiger partial charge in [0, 0.05) is 38.2 Å². The highest BCUT2D eigenvalue weighted by atomic mass is 32.2. The Morgan fingerprint density at radius 3 is 2.06 bits per heavy atom. The first kappa shape index (κ1) is 37.6. The molecule has 274 valence electrons. The first-order chi connectivity index (χ1) is 25.0. The van der Waals surface area contributed by atoms with E-state index in [-0.39, 0.29) is 37.4 Å². The smallest absolute Gasteiger partial charge is 0.339 e. The van der Waals surface area contributed by atoms with Gasteiger partial charge >= 0.3 is 10.1 Å². The molecule has 0 fully saturated rings. The van der Waals surface area contributed by atoms with Crippen molar-refractivity contribution in [2.24, 2.45) is 10.2 Å². The normalized spacial score (nSPS) is 12.5. The monoisotopic (exact) mass is 799 g/mol. The third-order valence-electron chi connectivity index (χ3n) is 7.60. The molecule has 0 unspecified atom stereocenters. The minimum absolute atomic E-state index is 0.0234.